The second-order valence-electron chi connectivity index (χ2n) is 10.1. The maximum atomic E-state index is 9.92. The van der Waals surface area contributed by atoms with E-state index in [-0.39, 0.29) is 0 Å². The van der Waals surface area contributed by atoms with E-state index in [0.717, 1.165) is 80.1 Å². The van der Waals surface area contributed by atoms with E-state index in [1.807, 2.05) is 6.20 Å². The van der Waals surface area contributed by atoms with Crippen LogP contribution in [0.4, 0.5) is 11.4 Å². The number of hydrogen-bond donors (Lipinski definition) is 2. The Balaban J connectivity index is 1.35. The number of fused-ring (bicyclic) bond motifs is 1. The lowest BCUT2D eigenvalue weighted by atomic mass is 9.97. The van der Waals surface area contributed by atoms with Gasteiger partial charge in [-0.15, -0.1) is 0 Å². The number of anilines is 2. The molecule has 0 atom stereocenters. The van der Waals surface area contributed by atoms with E-state index in [9.17, 15) is 5.26 Å². The average molecular weight is 493 g/mol. The van der Waals surface area contributed by atoms with Crippen molar-refractivity contribution >= 4 is 22.3 Å². The topological polar surface area (TPSA) is 71.0 Å². The molecule has 1 aliphatic rings. The third kappa shape index (κ3) is 5.53. The maximum Gasteiger partial charge on any atom is 0.103 e. The summed E-state index contributed by atoms with van der Waals surface area (Å²) in [5, 5.41) is 14.7. The molecular formula is C31H36N6. The van der Waals surface area contributed by atoms with Crippen molar-refractivity contribution in [2.45, 2.75) is 39.7 Å². The van der Waals surface area contributed by atoms with Gasteiger partial charge in [-0.25, -0.2) is 0 Å². The maximum absolute atomic E-state index is 9.92. The van der Waals surface area contributed by atoms with Crippen molar-refractivity contribution < 1.29 is 0 Å². The van der Waals surface area contributed by atoms with Crippen molar-refractivity contribution in [3.63, 3.8) is 0 Å². The van der Waals surface area contributed by atoms with Gasteiger partial charge in [-0.3, -0.25) is 9.88 Å². The first-order valence-electron chi connectivity index (χ1n) is 13.3. The lowest BCUT2D eigenvalue weighted by molar-refractivity contribution is 0.148. The quantitative estimate of drug-likeness (QED) is 0.336. The molecule has 2 N–H and O–H groups in total. The van der Waals surface area contributed by atoms with Crippen LogP contribution in [0.2, 0.25) is 0 Å². The fraction of sp³-hybridized carbons (Fsp3) is 0.355. The zero-order chi connectivity index (χ0) is 25.8. The monoisotopic (exact) mass is 492 g/mol. The molecule has 190 valence electrons. The number of aryl methyl sites for hydroxylation is 3. The molecule has 3 heterocycles. The van der Waals surface area contributed by atoms with Crippen LogP contribution in [0, 0.1) is 18.3 Å². The molecule has 0 aliphatic carbocycles. The van der Waals surface area contributed by atoms with Crippen molar-refractivity contribution in [1.29, 1.82) is 5.26 Å². The minimum atomic E-state index is 0.586. The van der Waals surface area contributed by atoms with Crippen molar-refractivity contribution in [1.82, 2.24) is 19.8 Å². The first-order chi connectivity index (χ1) is 18.1. The Morgan fingerprint density at radius 2 is 1.76 bits per heavy atom. The summed E-state index contributed by atoms with van der Waals surface area (Å²) in [4.78, 5) is 12.9. The molecule has 0 amide bonds. The van der Waals surface area contributed by atoms with Gasteiger partial charge < -0.3 is 15.2 Å². The van der Waals surface area contributed by atoms with Gasteiger partial charge in [0.25, 0.3) is 0 Å². The second kappa shape index (κ2) is 11.2. The lowest BCUT2D eigenvalue weighted by Crippen LogP contribution is -2.43. The number of rotatable bonds is 8. The van der Waals surface area contributed by atoms with Crippen LogP contribution in [0.5, 0.6) is 0 Å². The molecule has 2 aromatic heterocycles. The van der Waals surface area contributed by atoms with Gasteiger partial charge in [-0.05, 0) is 73.7 Å². The summed E-state index contributed by atoms with van der Waals surface area (Å²) in [5.41, 5.74) is 9.64. The van der Waals surface area contributed by atoms with Gasteiger partial charge >= 0.3 is 0 Å². The number of nitrogens with one attached hydrogen (secondary N) is 2. The highest BCUT2D eigenvalue weighted by molar-refractivity contribution is 5.89. The van der Waals surface area contributed by atoms with E-state index in [0.29, 0.717) is 5.56 Å². The number of pyridine rings is 1. The van der Waals surface area contributed by atoms with E-state index in [2.05, 4.69) is 94.5 Å². The predicted octanol–water partition coefficient (Wildman–Crippen LogP) is 5.58. The molecule has 5 rings (SSSR count). The number of H-pyrrole nitrogens is 1. The summed E-state index contributed by atoms with van der Waals surface area (Å²) in [7, 11) is 2.20. The molecule has 0 bridgehead atoms. The molecule has 0 radical (unpaired) electrons. The lowest BCUT2D eigenvalue weighted by Gasteiger charge is -2.32. The van der Waals surface area contributed by atoms with Gasteiger partial charge in [-0.2, -0.15) is 5.26 Å². The zero-order valence-corrected chi connectivity index (χ0v) is 22.1. The molecular weight excluding hydrogens is 456 g/mol. The summed E-state index contributed by atoms with van der Waals surface area (Å²) in [6.45, 7) is 9.81. The van der Waals surface area contributed by atoms with E-state index in [1.165, 1.54) is 22.1 Å². The largest absolute Gasteiger partial charge is 0.361 e. The molecule has 1 saturated heterocycles. The van der Waals surface area contributed by atoms with Crippen molar-refractivity contribution in [3.05, 3.63) is 88.4 Å². The summed E-state index contributed by atoms with van der Waals surface area (Å²) < 4.78 is 0. The van der Waals surface area contributed by atoms with E-state index in [4.69, 9.17) is 0 Å². The van der Waals surface area contributed by atoms with Gasteiger partial charge in [0.1, 0.15) is 6.07 Å². The first kappa shape index (κ1) is 25.0. The molecule has 0 saturated carbocycles. The van der Waals surface area contributed by atoms with E-state index in [1.54, 1.807) is 6.20 Å². The van der Waals surface area contributed by atoms with Gasteiger partial charge in [-0.1, -0.05) is 31.2 Å². The number of nitrogens with zero attached hydrogens (tertiary/aromatic N) is 4. The molecule has 0 spiro atoms. The standard InChI is InChI=1S/C31H36N6/c1-4-28-27(10-9-23-5-7-24(8-6-23)21-37-17-15-36(3)16-18-37)31(25(19-32)20-34-28)35-29-11-12-30-26(22(29)2)13-14-33-30/h5-8,11-14,20,33H,4,9-10,15-18,21H2,1-3H3,(H,34,35). The number of piperazine rings is 1. The third-order valence-corrected chi connectivity index (χ3v) is 7.68. The van der Waals surface area contributed by atoms with Crippen LogP contribution in [0.25, 0.3) is 10.9 Å². The van der Waals surface area contributed by atoms with Crippen LogP contribution in [0.15, 0.2) is 54.9 Å². The number of aromatic amines is 1. The van der Waals surface area contributed by atoms with Gasteiger partial charge in [0.2, 0.25) is 0 Å². The van der Waals surface area contributed by atoms with Crippen LogP contribution < -0.4 is 5.32 Å². The molecule has 6 nitrogen and oxygen atoms in total. The minimum absolute atomic E-state index is 0.586. The van der Waals surface area contributed by atoms with Crippen LogP contribution in [0.1, 0.15) is 40.4 Å². The van der Waals surface area contributed by atoms with Crippen LogP contribution in [0.3, 0.4) is 0 Å². The van der Waals surface area contributed by atoms with Gasteiger partial charge in [0.15, 0.2) is 0 Å². The average Bonchev–Trinajstić information content (AvgIpc) is 3.41. The molecule has 1 fully saturated rings. The normalized spacial score (nSPS) is 14.6. The fourth-order valence-electron chi connectivity index (χ4n) is 5.29. The Labute approximate surface area is 219 Å². The molecule has 1 aliphatic heterocycles. The highest BCUT2D eigenvalue weighted by Gasteiger charge is 2.17. The number of aromatic nitrogens is 2. The first-order valence-corrected chi connectivity index (χ1v) is 13.3. The van der Waals surface area contributed by atoms with E-state index >= 15 is 0 Å². The Morgan fingerprint density at radius 3 is 2.49 bits per heavy atom. The molecule has 2 aromatic carbocycles. The smallest absolute Gasteiger partial charge is 0.103 e. The molecule has 6 heteroatoms. The van der Waals surface area contributed by atoms with Gasteiger partial charge in [0, 0.05) is 67.4 Å². The van der Waals surface area contributed by atoms with Crippen molar-refractivity contribution in [2.75, 3.05) is 38.5 Å². The number of nitriles is 1. The highest BCUT2D eigenvalue weighted by Crippen LogP contribution is 2.32. The van der Waals surface area contributed by atoms with Crippen LogP contribution in [-0.2, 0) is 25.8 Å². The third-order valence-electron chi connectivity index (χ3n) is 7.68. The zero-order valence-electron chi connectivity index (χ0n) is 22.1. The van der Waals surface area contributed by atoms with Crippen LogP contribution in [-0.4, -0.2) is 53.0 Å². The predicted molar refractivity (Wildman–Crippen MR) is 151 cm³/mol. The number of likely N-dealkylation sites (N-methyl/N-ethyl adjacent to an activating group) is 1. The van der Waals surface area contributed by atoms with Crippen molar-refractivity contribution in [2.24, 2.45) is 0 Å². The molecule has 4 aromatic rings. The molecule has 0 unspecified atom stereocenters. The highest BCUT2D eigenvalue weighted by atomic mass is 15.2. The Hall–Kier alpha value is -3.66. The second-order valence-corrected chi connectivity index (χ2v) is 10.1. The fourth-order valence-corrected chi connectivity index (χ4v) is 5.29. The van der Waals surface area contributed by atoms with Crippen LogP contribution >= 0.6 is 0 Å². The SMILES string of the molecule is CCc1ncc(C#N)c(Nc2ccc3[nH]ccc3c2C)c1CCc1ccc(CN2CCN(C)CC2)cc1. The molecule has 37 heavy (non-hydrogen) atoms. The summed E-state index contributed by atoms with van der Waals surface area (Å²) in [6, 6.07) is 17.7. The van der Waals surface area contributed by atoms with E-state index < -0.39 is 0 Å². The van der Waals surface area contributed by atoms with Gasteiger partial charge in [0.05, 0.1) is 11.3 Å². The Morgan fingerprint density at radius 1 is 1.00 bits per heavy atom. The van der Waals surface area contributed by atoms with Crippen molar-refractivity contribution in [3.8, 4) is 6.07 Å². The summed E-state index contributed by atoms with van der Waals surface area (Å²) >= 11 is 0. The number of benzene rings is 2. The number of hydrogen-bond acceptors (Lipinski definition) is 5. The summed E-state index contributed by atoms with van der Waals surface area (Å²) in [6.07, 6.45) is 6.24. The minimum Gasteiger partial charge on any atom is -0.361 e. The Bertz CT molecular complexity index is 1400. The summed E-state index contributed by atoms with van der Waals surface area (Å²) in [5.74, 6) is 0. The Kier molecular flexibility index (Phi) is 7.55.